The normalized spacial score (nSPS) is 13.6. The predicted molar refractivity (Wildman–Crippen MR) is 177 cm³/mol. The first-order valence-electron chi connectivity index (χ1n) is 15.5. The smallest absolute Gasteiger partial charge is 0.326 e. The summed E-state index contributed by atoms with van der Waals surface area (Å²) in [5, 5.41) is 48.8. The zero-order valence-electron chi connectivity index (χ0n) is 28.0. The molecule has 1 aromatic carbocycles. The average molecular weight is 724 g/mol. The molecule has 0 fully saturated rings. The van der Waals surface area contributed by atoms with E-state index in [0.717, 1.165) is 0 Å². The number of nitrogens with two attached hydrogens (primary N) is 3. The van der Waals surface area contributed by atoms with Gasteiger partial charge in [0.25, 0.3) is 0 Å². The van der Waals surface area contributed by atoms with Gasteiger partial charge in [-0.2, -0.15) is 0 Å². The Morgan fingerprint density at radius 1 is 0.745 bits per heavy atom. The van der Waals surface area contributed by atoms with E-state index in [-0.39, 0.29) is 37.5 Å². The number of hydrogen-bond donors (Lipinski definition) is 12. The highest BCUT2D eigenvalue weighted by Crippen LogP contribution is 2.13. The number of aromatic hydroxyl groups is 1. The first-order chi connectivity index (χ1) is 23.8. The van der Waals surface area contributed by atoms with Gasteiger partial charge in [0.2, 0.25) is 29.5 Å². The molecule has 0 bridgehead atoms. The summed E-state index contributed by atoms with van der Waals surface area (Å²) in [5.74, 6) is -10.1. The molecule has 51 heavy (non-hydrogen) atoms. The van der Waals surface area contributed by atoms with Crippen LogP contribution in [0.2, 0.25) is 0 Å². The van der Waals surface area contributed by atoms with Crippen LogP contribution in [0.15, 0.2) is 29.3 Å². The number of aliphatic imine (C=N–C) groups is 1. The van der Waals surface area contributed by atoms with Gasteiger partial charge < -0.3 is 64.2 Å². The molecule has 21 heteroatoms. The third-order valence-electron chi connectivity index (χ3n) is 7.00. The van der Waals surface area contributed by atoms with Gasteiger partial charge in [-0.15, -0.1) is 0 Å². The molecule has 0 saturated heterocycles. The number of amides is 5. The summed E-state index contributed by atoms with van der Waals surface area (Å²) in [4.78, 5) is 103. The second kappa shape index (κ2) is 21.2. The largest absolute Gasteiger partial charge is 0.508 e. The number of rotatable bonds is 22. The number of nitrogens with zero attached hydrogens (tertiary/aromatic N) is 1. The van der Waals surface area contributed by atoms with E-state index in [4.69, 9.17) is 22.3 Å². The van der Waals surface area contributed by atoms with Crippen molar-refractivity contribution in [2.75, 3.05) is 13.1 Å². The third-order valence-corrected chi connectivity index (χ3v) is 7.00. The van der Waals surface area contributed by atoms with E-state index in [2.05, 4.69) is 31.6 Å². The number of carbonyl (C=O) groups excluding carboxylic acids is 5. The van der Waals surface area contributed by atoms with Crippen LogP contribution in [0.4, 0.5) is 0 Å². The topological polar surface area (TPSA) is 368 Å². The molecular weight excluding hydrogens is 678 g/mol. The van der Waals surface area contributed by atoms with Crippen LogP contribution in [0, 0.1) is 5.92 Å². The minimum absolute atomic E-state index is 0.0614. The number of aliphatic carboxylic acids is 3. The molecule has 5 unspecified atom stereocenters. The van der Waals surface area contributed by atoms with Crippen LogP contribution in [-0.4, -0.2) is 117 Å². The summed E-state index contributed by atoms with van der Waals surface area (Å²) < 4.78 is 0. The molecule has 1 rings (SSSR count). The highest BCUT2D eigenvalue weighted by molar-refractivity contribution is 5.97. The maximum absolute atomic E-state index is 13.5. The van der Waals surface area contributed by atoms with Gasteiger partial charge in [-0.1, -0.05) is 26.0 Å². The Bertz CT molecular complexity index is 1450. The Kier molecular flexibility index (Phi) is 17.9. The number of phenolic OH excluding ortho intramolecular Hbond substituents is 1. The van der Waals surface area contributed by atoms with Gasteiger partial charge in [0.1, 0.15) is 29.9 Å². The van der Waals surface area contributed by atoms with Gasteiger partial charge in [-0.05, 0) is 36.5 Å². The minimum Gasteiger partial charge on any atom is -0.508 e. The van der Waals surface area contributed by atoms with Crippen LogP contribution < -0.4 is 43.8 Å². The number of guanidine groups is 1. The fraction of sp³-hybridized carbons (Fsp3) is 0.500. The summed E-state index contributed by atoms with van der Waals surface area (Å²) in [6.07, 6.45) is -1.81. The quantitative estimate of drug-likeness (QED) is 0.0309. The summed E-state index contributed by atoms with van der Waals surface area (Å²) in [6.45, 7) is 2.40. The molecule has 21 nitrogen and oxygen atoms in total. The van der Waals surface area contributed by atoms with Crippen molar-refractivity contribution >= 4 is 53.4 Å². The molecule has 0 heterocycles. The Labute approximate surface area is 291 Å². The fourth-order valence-corrected chi connectivity index (χ4v) is 4.37. The zero-order valence-corrected chi connectivity index (χ0v) is 28.0. The summed E-state index contributed by atoms with van der Waals surface area (Å²) >= 11 is 0. The molecule has 0 spiro atoms. The van der Waals surface area contributed by atoms with Crippen molar-refractivity contribution in [2.45, 2.75) is 76.2 Å². The van der Waals surface area contributed by atoms with Crippen molar-refractivity contribution < 1.29 is 58.8 Å². The van der Waals surface area contributed by atoms with Crippen LogP contribution in [0.5, 0.6) is 5.75 Å². The van der Waals surface area contributed by atoms with Crippen molar-refractivity contribution in [3.63, 3.8) is 0 Å². The van der Waals surface area contributed by atoms with Crippen LogP contribution in [0.1, 0.15) is 45.1 Å². The molecule has 0 radical (unpaired) electrons. The van der Waals surface area contributed by atoms with Gasteiger partial charge >= 0.3 is 17.9 Å². The third kappa shape index (κ3) is 16.8. The first-order valence-corrected chi connectivity index (χ1v) is 15.5. The number of benzene rings is 1. The number of carboxylic acid groups (broad SMARTS) is 3. The lowest BCUT2D eigenvalue weighted by atomic mass is 10.00. The number of hydrogen-bond acceptors (Lipinski definition) is 11. The van der Waals surface area contributed by atoms with E-state index in [1.54, 1.807) is 13.8 Å². The lowest BCUT2D eigenvalue weighted by Gasteiger charge is -2.27. The predicted octanol–water partition coefficient (Wildman–Crippen LogP) is -3.94. The average Bonchev–Trinajstić information content (AvgIpc) is 3.02. The summed E-state index contributed by atoms with van der Waals surface area (Å²) in [5.41, 5.74) is 16.5. The van der Waals surface area contributed by atoms with E-state index >= 15 is 0 Å². The summed E-state index contributed by atoms with van der Waals surface area (Å²) in [6, 6.07) is -1.99. The Hall–Kier alpha value is -5.99. The second-order valence-corrected chi connectivity index (χ2v) is 11.7. The van der Waals surface area contributed by atoms with Crippen LogP contribution in [0.25, 0.3) is 0 Å². The van der Waals surface area contributed by atoms with Gasteiger partial charge in [0.05, 0.1) is 25.4 Å². The first kappa shape index (κ1) is 43.0. The molecular formula is C30H45N9O12. The highest BCUT2D eigenvalue weighted by Gasteiger charge is 2.33. The molecule has 15 N–H and O–H groups in total. The van der Waals surface area contributed by atoms with Crippen LogP contribution >= 0.6 is 0 Å². The molecule has 5 atom stereocenters. The second-order valence-electron chi connectivity index (χ2n) is 11.7. The molecule has 0 saturated carbocycles. The van der Waals surface area contributed by atoms with Gasteiger partial charge in [-0.25, -0.2) is 4.79 Å². The van der Waals surface area contributed by atoms with Crippen LogP contribution in [-0.2, 0) is 44.8 Å². The van der Waals surface area contributed by atoms with Gasteiger partial charge in [0, 0.05) is 13.0 Å². The molecule has 5 amide bonds. The molecule has 0 aliphatic heterocycles. The molecule has 0 aliphatic rings. The van der Waals surface area contributed by atoms with Gasteiger partial charge in [0.15, 0.2) is 5.96 Å². The van der Waals surface area contributed by atoms with Crippen molar-refractivity contribution in [3.8, 4) is 5.75 Å². The van der Waals surface area contributed by atoms with E-state index in [1.807, 2.05) is 0 Å². The maximum atomic E-state index is 13.5. The lowest BCUT2D eigenvalue weighted by molar-refractivity contribution is -0.142. The molecule has 0 aromatic heterocycles. The Balaban J connectivity index is 3.14. The van der Waals surface area contributed by atoms with E-state index in [9.17, 15) is 53.7 Å². The maximum Gasteiger partial charge on any atom is 0.326 e. The Morgan fingerprint density at radius 2 is 1.33 bits per heavy atom. The number of carbonyl (C=O) groups is 8. The highest BCUT2D eigenvalue weighted by atomic mass is 16.4. The van der Waals surface area contributed by atoms with Crippen LogP contribution in [0.3, 0.4) is 0 Å². The monoisotopic (exact) mass is 723 g/mol. The standard InChI is InChI=1S/C30H45N9O12/c1-14(2)24(39-25(46)17(31)11-22(42)43)28(49)38-19(10-15-5-7-16(40)8-6-15)27(48)37-20(12-23(44)45)26(47)35-13-21(41)36-18(29(50)51)4-3-9-34-30(32)33/h5-8,14,17-20,24,40H,3-4,9-13,31H2,1-2H3,(H,35,47)(H,36,41)(H,37,48)(H,38,49)(H,39,46)(H,42,43)(H,44,45)(H,50,51)(H4,32,33,34). The number of nitrogens with one attached hydrogen (secondary N) is 5. The molecule has 1 aromatic rings. The SMILES string of the molecule is CC(C)C(NC(=O)C(N)CC(=O)O)C(=O)NC(Cc1ccc(O)cc1)C(=O)NC(CC(=O)O)C(=O)NCC(=O)NC(CCCN=C(N)N)C(=O)O. The van der Waals surface area contributed by atoms with Crippen molar-refractivity contribution in [1.82, 2.24) is 26.6 Å². The molecule has 282 valence electrons. The van der Waals surface area contributed by atoms with E-state index < -0.39 is 103 Å². The minimum atomic E-state index is -1.79. The summed E-state index contributed by atoms with van der Waals surface area (Å²) in [7, 11) is 0. The molecule has 0 aliphatic carbocycles. The lowest BCUT2D eigenvalue weighted by Crippen LogP contribution is -2.59. The fourth-order valence-electron chi connectivity index (χ4n) is 4.37. The Morgan fingerprint density at radius 3 is 1.86 bits per heavy atom. The van der Waals surface area contributed by atoms with E-state index in [0.29, 0.717) is 5.56 Å². The number of phenols is 1. The van der Waals surface area contributed by atoms with E-state index in [1.165, 1.54) is 24.3 Å². The van der Waals surface area contributed by atoms with Crippen molar-refractivity contribution in [1.29, 1.82) is 0 Å². The van der Waals surface area contributed by atoms with Crippen molar-refractivity contribution in [2.24, 2.45) is 28.1 Å². The zero-order chi connectivity index (χ0) is 38.8. The van der Waals surface area contributed by atoms with Crippen molar-refractivity contribution in [3.05, 3.63) is 29.8 Å². The number of carboxylic acids is 3. The van der Waals surface area contributed by atoms with Gasteiger partial charge in [-0.3, -0.25) is 38.6 Å².